The van der Waals surface area contributed by atoms with Crippen LogP contribution in [0.2, 0.25) is 0 Å². The molecule has 0 radical (unpaired) electrons. The minimum Gasteiger partial charge on any atom is -0.497 e. The molecule has 1 heterocycles. The van der Waals surface area contributed by atoms with Crippen LogP contribution in [0.4, 0.5) is 0 Å². The molecule has 0 saturated heterocycles. The van der Waals surface area contributed by atoms with Crippen LogP contribution in [-0.2, 0) is 6.54 Å². The van der Waals surface area contributed by atoms with E-state index in [-0.39, 0.29) is 5.91 Å². The first-order chi connectivity index (χ1) is 11.7. The Hall–Kier alpha value is -3.22. The van der Waals surface area contributed by atoms with Crippen molar-refractivity contribution in [1.29, 1.82) is 0 Å². The summed E-state index contributed by atoms with van der Waals surface area (Å²) in [7, 11) is 1.62. The van der Waals surface area contributed by atoms with Crippen LogP contribution in [0.25, 0.3) is 5.69 Å². The Kier molecular flexibility index (Phi) is 4.51. The summed E-state index contributed by atoms with van der Waals surface area (Å²) in [5, 5.41) is 14.3. The first kappa shape index (κ1) is 15.7. The van der Waals surface area contributed by atoms with Gasteiger partial charge in [0.25, 0.3) is 5.91 Å². The monoisotopic (exact) mass is 323 g/mol. The van der Waals surface area contributed by atoms with Gasteiger partial charge in [-0.1, -0.05) is 18.2 Å². The summed E-state index contributed by atoms with van der Waals surface area (Å²) in [6.45, 7) is 2.24. The molecule has 0 spiro atoms. The molecule has 0 bridgehead atoms. The maximum Gasteiger partial charge on any atom is 0.251 e. The van der Waals surface area contributed by atoms with Gasteiger partial charge < -0.3 is 10.1 Å². The van der Waals surface area contributed by atoms with E-state index in [0.29, 0.717) is 17.9 Å². The molecule has 7 nitrogen and oxygen atoms in total. The number of hydrogen-bond acceptors (Lipinski definition) is 5. The Balaban J connectivity index is 1.70. The molecule has 24 heavy (non-hydrogen) atoms. The zero-order valence-corrected chi connectivity index (χ0v) is 13.4. The lowest BCUT2D eigenvalue weighted by atomic mass is 10.1. The van der Waals surface area contributed by atoms with Crippen molar-refractivity contribution in [3.8, 4) is 11.4 Å². The standard InChI is InChI=1S/C17H17N5O2/c1-12-19-20-21-22(12)15-5-3-4-14(10-15)17(23)18-11-13-6-8-16(24-2)9-7-13/h3-10H,11H2,1-2H3,(H,18,23). The molecule has 0 fully saturated rings. The number of hydrogen-bond donors (Lipinski definition) is 1. The number of aromatic nitrogens is 4. The molecule has 1 amide bonds. The lowest BCUT2D eigenvalue weighted by molar-refractivity contribution is 0.0951. The number of methoxy groups -OCH3 is 1. The lowest BCUT2D eigenvalue weighted by Crippen LogP contribution is -2.22. The van der Waals surface area contributed by atoms with Gasteiger partial charge in [-0.15, -0.1) is 5.10 Å². The van der Waals surface area contributed by atoms with E-state index in [2.05, 4.69) is 20.8 Å². The minimum atomic E-state index is -0.154. The van der Waals surface area contributed by atoms with E-state index < -0.39 is 0 Å². The maximum absolute atomic E-state index is 12.4. The molecule has 1 aromatic heterocycles. The molecule has 0 saturated carbocycles. The topological polar surface area (TPSA) is 81.9 Å². The van der Waals surface area contributed by atoms with Crippen LogP contribution in [0.5, 0.6) is 5.75 Å². The number of tetrazole rings is 1. The predicted octanol–water partition coefficient (Wildman–Crippen LogP) is 1.91. The molecule has 0 aliphatic rings. The molecule has 1 N–H and O–H groups in total. The second kappa shape index (κ2) is 6.91. The van der Waals surface area contributed by atoms with Crippen LogP contribution in [-0.4, -0.2) is 33.2 Å². The zero-order chi connectivity index (χ0) is 16.9. The first-order valence-corrected chi connectivity index (χ1v) is 7.44. The van der Waals surface area contributed by atoms with Gasteiger partial charge in [0, 0.05) is 12.1 Å². The van der Waals surface area contributed by atoms with E-state index in [0.717, 1.165) is 17.0 Å². The van der Waals surface area contributed by atoms with Gasteiger partial charge in [-0.05, 0) is 53.2 Å². The van der Waals surface area contributed by atoms with Gasteiger partial charge in [0.2, 0.25) is 0 Å². The third-order valence-electron chi connectivity index (χ3n) is 3.59. The van der Waals surface area contributed by atoms with Crippen molar-refractivity contribution in [2.75, 3.05) is 7.11 Å². The summed E-state index contributed by atoms with van der Waals surface area (Å²) in [5.74, 6) is 1.29. The predicted molar refractivity (Wildman–Crippen MR) is 88.1 cm³/mol. The Morgan fingerprint density at radius 1 is 1.21 bits per heavy atom. The molecule has 3 rings (SSSR count). The van der Waals surface area contributed by atoms with Crippen molar-refractivity contribution in [3.05, 3.63) is 65.5 Å². The van der Waals surface area contributed by atoms with Gasteiger partial charge >= 0.3 is 0 Å². The molecule has 3 aromatic rings. The number of carbonyl (C=O) groups excluding carboxylic acids is 1. The van der Waals surface area contributed by atoms with Crippen molar-refractivity contribution in [2.24, 2.45) is 0 Å². The number of benzene rings is 2. The fourth-order valence-electron chi connectivity index (χ4n) is 2.28. The maximum atomic E-state index is 12.4. The Bertz CT molecular complexity index is 842. The van der Waals surface area contributed by atoms with Gasteiger partial charge in [0.05, 0.1) is 12.8 Å². The molecule has 2 aromatic carbocycles. The average Bonchev–Trinajstić information content (AvgIpc) is 3.06. The van der Waals surface area contributed by atoms with Crippen molar-refractivity contribution < 1.29 is 9.53 Å². The van der Waals surface area contributed by atoms with Crippen LogP contribution in [0.3, 0.4) is 0 Å². The molecule has 0 aliphatic carbocycles. The van der Waals surface area contributed by atoms with Crippen molar-refractivity contribution in [3.63, 3.8) is 0 Å². The summed E-state index contributed by atoms with van der Waals surface area (Å²) < 4.78 is 6.70. The van der Waals surface area contributed by atoms with E-state index in [4.69, 9.17) is 4.74 Å². The summed E-state index contributed by atoms with van der Waals surface area (Å²) in [4.78, 5) is 12.4. The van der Waals surface area contributed by atoms with Gasteiger partial charge in [0.15, 0.2) is 5.82 Å². The summed E-state index contributed by atoms with van der Waals surface area (Å²) in [5.41, 5.74) is 2.29. The first-order valence-electron chi connectivity index (χ1n) is 7.44. The Morgan fingerprint density at radius 3 is 2.67 bits per heavy atom. The largest absolute Gasteiger partial charge is 0.497 e. The van der Waals surface area contributed by atoms with E-state index in [1.54, 1.807) is 36.9 Å². The Morgan fingerprint density at radius 2 is 2.00 bits per heavy atom. The van der Waals surface area contributed by atoms with E-state index in [9.17, 15) is 4.79 Å². The summed E-state index contributed by atoms with van der Waals surface area (Å²) >= 11 is 0. The molecular weight excluding hydrogens is 306 g/mol. The van der Waals surface area contributed by atoms with E-state index >= 15 is 0 Å². The summed E-state index contributed by atoms with van der Waals surface area (Å²) in [6.07, 6.45) is 0. The third-order valence-corrected chi connectivity index (χ3v) is 3.59. The normalized spacial score (nSPS) is 10.4. The van der Waals surface area contributed by atoms with Crippen LogP contribution < -0.4 is 10.1 Å². The van der Waals surface area contributed by atoms with Crippen LogP contribution in [0, 0.1) is 6.92 Å². The SMILES string of the molecule is COc1ccc(CNC(=O)c2cccc(-n3nnnc3C)c2)cc1. The average molecular weight is 323 g/mol. The number of ether oxygens (including phenoxy) is 1. The number of amides is 1. The van der Waals surface area contributed by atoms with Gasteiger partial charge in [-0.25, -0.2) is 0 Å². The highest BCUT2D eigenvalue weighted by Crippen LogP contribution is 2.13. The van der Waals surface area contributed by atoms with E-state index in [1.807, 2.05) is 30.3 Å². The smallest absolute Gasteiger partial charge is 0.251 e. The van der Waals surface area contributed by atoms with Gasteiger partial charge in [-0.2, -0.15) is 4.68 Å². The van der Waals surface area contributed by atoms with Crippen LogP contribution in [0.15, 0.2) is 48.5 Å². The number of rotatable bonds is 5. The highest BCUT2D eigenvalue weighted by Gasteiger charge is 2.09. The van der Waals surface area contributed by atoms with Crippen LogP contribution in [0.1, 0.15) is 21.7 Å². The minimum absolute atomic E-state index is 0.154. The molecule has 0 aliphatic heterocycles. The fraction of sp³-hybridized carbons (Fsp3) is 0.176. The Labute approximate surface area is 139 Å². The lowest BCUT2D eigenvalue weighted by Gasteiger charge is -2.08. The van der Waals surface area contributed by atoms with Crippen molar-refractivity contribution in [2.45, 2.75) is 13.5 Å². The highest BCUT2D eigenvalue weighted by atomic mass is 16.5. The second-order valence-electron chi connectivity index (χ2n) is 5.22. The highest BCUT2D eigenvalue weighted by molar-refractivity contribution is 5.94. The quantitative estimate of drug-likeness (QED) is 0.775. The van der Waals surface area contributed by atoms with Crippen molar-refractivity contribution in [1.82, 2.24) is 25.5 Å². The van der Waals surface area contributed by atoms with Crippen molar-refractivity contribution >= 4 is 5.91 Å². The number of nitrogens with zero attached hydrogens (tertiary/aromatic N) is 4. The second-order valence-corrected chi connectivity index (χ2v) is 5.22. The molecule has 7 heteroatoms. The van der Waals surface area contributed by atoms with E-state index in [1.165, 1.54) is 0 Å². The molecule has 122 valence electrons. The molecular formula is C17H17N5O2. The number of carbonyl (C=O) groups is 1. The molecule has 0 atom stereocenters. The number of nitrogens with one attached hydrogen (secondary N) is 1. The van der Waals surface area contributed by atoms with Gasteiger partial charge in [-0.3, -0.25) is 4.79 Å². The molecule has 0 unspecified atom stereocenters. The number of aryl methyl sites for hydroxylation is 1. The fourth-order valence-corrected chi connectivity index (χ4v) is 2.28. The van der Waals surface area contributed by atoms with Gasteiger partial charge in [0.1, 0.15) is 5.75 Å². The third kappa shape index (κ3) is 3.40. The summed E-state index contributed by atoms with van der Waals surface area (Å²) in [6, 6.07) is 14.7. The van der Waals surface area contributed by atoms with Crippen LogP contribution >= 0.6 is 0 Å². The zero-order valence-electron chi connectivity index (χ0n) is 13.4.